The van der Waals surface area contributed by atoms with Crippen molar-refractivity contribution < 1.29 is 0 Å². The van der Waals surface area contributed by atoms with E-state index < -0.39 is 20.1 Å². The van der Waals surface area contributed by atoms with E-state index in [0.29, 0.717) is 0 Å². The molecule has 0 aliphatic carbocycles. The average molecular weight is 781 g/mol. The van der Waals surface area contributed by atoms with Crippen LogP contribution in [0.3, 0.4) is 0 Å². The minimum atomic E-state index is -1.67. The van der Waals surface area contributed by atoms with Crippen LogP contribution in [-0.4, -0.2) is 0 Å². The van der Waals surface area contributed by atoms with E-state index in [4.69, 9.17) is 0 Å². The Kier molecular flexibility index (Phi) is 9.25. The Hall–Kier alpha value is -6.32. The highest BCUT2D eigenvalue weighted by atomic mass is 32.3. The lowest BCUT2D eigenvalue weighted by atomic mass is 9.95. The third kappa shape index (κ3) is 5.40. The molecule has 0 saturated carbocycles. The van der Waals surface area contributed by atoms with Gasteiger partial charge >= 0.3 is 0 Å². The lowest BCUT2D eigenvalue weighted by Gasteiger charge is -2.39. The Morgan fingerprint density at radius 3 is 0.879 bits per heavy atom. The standard InChI is InChI=1S/C54H38S2.C2H6/c1-5-20-43(21-6-1)55(44-22-7-2-8-23-44)51-30-15-13-28-47(51)49-37-41(32-34-53(49)55)39-18-17-19-40(36-39)42-33-35-54-50(38-42)48-29-14-16-31-52(48)56(54,45-24-9-3-10-25-45)46-26-11-4-12-27-46;1-2/h1-38H;1-2H3. The third-order valence-corrected chi connectivity index (χ3v) is 19.5. The van der Waals surface area contributed by atoms with Gasteiger partial charge in [0.25, 0.3) is 0 Å². The molecule has 0 N–H and O–H groups in total. The average Bonchev–Trinajstić information content (AvgIpc) is 3.79. The number of hydrogen-bond acceptors (Lipinski definition) is 0. The highest BCUT2D eigenvalue weighted by molar-refractivity contribution is 8.34. The van der Waals surface area contributed by atoms with Crippen molar-refractivity contribution in [2.75, 3.05) is 0 Å². The maximum atomic E-state index is 2.45. The predicted molar refractivity (Wildman–Crippen MR) is 247 cm³/mol. The molecule has 0 bridgehead atoms. The molecule has 0 nitrogen and oxygen atoms in total. The van der Waals surface area contributed by atoms with Crippen molar-refractivity contribution in [2.45, 2.75) is 53.0 Å². The van der Waals surface area contributed by atoms with Crippen LogP contribution in [0.5, 0.6) is 0 Å². The van der Waals surface area contributed by atoms with E-state index in [0.717, 1.165) is 0 Å². The minimum absolute atomic E-state index is 1.23. The molecule has 2 heteroatoms. The lowest BCUT2D eigenvalue weighted by molar-refractivity contribution is 1.29. The number of benzene rings is 9. The molecule has 11 rings (SSSR count). The van der Waals surface area contributed by atoms with Gasteiger partial charge < -0.3 is 0 Å². The summed E-state index contributed by atoms with van der Waals surface area (Å²) < 4.78 is 0. The highest BCUT2D eigenvalue weighted by Crippen LogP contribution is 2.81. The van der Waals surface area contributed by atoms with Gasteiger partial charge in [0.2, 0.25) is 0 Å². The summed E-state index contributed by atoms with van der Waals surface area (Å²) in [5.74, 6) is 0. The first-order chi connectivity index (χ1) is 28.8. The summed E-state index contributed by atoms with van der Waals surface area (Å²) in [5, 5.41) is 0. The van der Waals surface area contributed by atoms with Crippen molar-refractivity contribution in [3.63, 3.8) is 0 Å². The van der Waals surface area contributed by atoms with Gasteiger partial charge in [-0.05, 0) is 136 Å². The number of fused-ring (bicyclic) bond motifs is 6. The smallest absolute Gasteiger partial charge is 0.0102 e. The lowest BCUT2D eigenvalue weighted by Crippen LogP contribution is -2.01. The first kappa shape index (κ1) is 36.0. The van der Waals surface area contributed by atoms with Crippen molar-refractivity contribution >= 4 is 20.1 Å². The molecule has 0 radical (unpaired) electrons. The van der Waals surface area contributed by atoms with Gasteiger partial charge in [-0.15, -0.1) is 20.1 Å². The highest BCUT2D eigenvalue weighted by Gasteiger charge is 2.43. The maximum Gasteiger partial charge on any atom is 0.0102 e. The topological polar surface area (TPSA) is 0 Å². The van der Waals surface area contributed by atoms with Crippen LogP contribution >= 0.6 is 20.1 Å². The Morgan fingerprint density at radius 1 is 0.224 bits per heavy atom. The van der Waals surface area contributed by atoms with Gasteiger partial charge in [0.1, 0.15) is 0 Å². The third-order valence-electron chi connectivity index (χ3n) is 11.5. The van der Waals surface area contributed by atoms with E-state index in [2.05, 4.69) is 231 Å². The molecule has 280 valence electrons. The van der Waals surface area contributed by atoms with Crippen LogP contribution in [0.15, 0.2) is 270 Å². The van der Waals surface area contributed by atoms with Crippen LogP contribution in [0.1, 0.15) is 13.8 Å². The summed E-state index contributed by atoms with van der Waals surface area (Å²) in [6.45, 7) is 4.00. The van der Waals surface area contributed by atoms with Crippen LogP contribution in [0, 0.1) is 0 Å². The van der Waals surface area contributed by atoms with Crippen LogP contribution < -0.4 is 0 Å². The fourth-order valence-electron chi connectivity index (χ4n) is 9.19. The quantitative estimate of drug-likeness (QED) is 0.158. The van der Waals surface area contributed by atoms with E-state index in [1.807, 2.05) is 13.8 Å². The maximum absolute atomic E-state index is 2.45. The van der Waals surface area contributed by atoms with Crippen LogP contribution in [-0.2, 0) is 0 Å². The monoisotopic (exact) mass is 780 g/mol. The molecule has 0 unspecified atom stereocenters. The summed E-state index contributed by atoms with van der Waals surface area (Å²) in [5.41, 5.74) is 10.3. The largest absolute Gasteiger partial charge is 0.132 e. The van der Waals surface area contributed by atoms with Crippen molar-refractivity contribution in [1.29, 1.82) is 0 Å². The molecule has 2 aliphatic heterocycles. The minimum Gasteiger partial charge on any atom is -0.132 e. The van der Waals surface area contributed by atoms with Crippen molar-refractivity contribution in [1.82, 2.24) is 0 Å². The van der Waals surface area contributed by atoms with Crippen molar-refractivity contribution in [3.8, 4) is 44.5 Å². The summed E-state index contributed by atoms with van der Waals surface area (Å²) in [6.07, 6.45) is 0. The van der Waals surface area contributed by atoms with Gasteiger partial charge in [-0.1, -0.05) is 153 Å². The van der Waals surface area contributed by atoms with Gasteiger partial charge in [-0.2, -0.15) is 0 Å². The van der Waals surface area contributed by atoms with Crippen LogP contribution in [0.4, 0.5) is 0 Å². The summed E-state index contributed by atoms with van der Waals surface area (Å²) in [7, 11) is -3.33. The van der Waals surface area contributed by atoms with Gasteiger partial charge in [-0.3, -0.25) is 0 Å². The molecule has 2 heterocycles. The van der Waals surface area contributed by atoms with Gasteiger partial charge in [0.05, 0.1) is 0 Å². The van der Waals surface area contributed by atoms with Crippen molar-refractivity contribution in [2.24, 2.45) is 0 Å². The SMILES string of the molecule is CC.c1ccc(S2(c3ccccc3)c3ccccc3-c3cc(-c4cccc(-c5ccc6c(c5)-c5ccccc5S6(c5ccccc5)c5ccccc5)c4)ccc32)cc1. The van der Waals surface area contributed by atoms with E-state index in [1.54, 1.807) is 0 Å². The number of rotatable bonds is 6. The zero-order valence-electron chi connectivity index (χ0n) is 32.8. The molecule has 2 aliphatic rings. The van der Waals surface area contributed by atoms with E-state index >= 15 is 0 Å². The van der Waals surface area contributed by atoms with Crippen LogP contribution in [0.25, 0.3) is 44.5 Å². The van der Waals surface area contributed by atoms with E-state index in [1.165, 1.54) is 83.7 Å². The summed E-state index contributed by atoms with van der Waals surface area (Å²) in [6, 6.07) is 86.4. The molecule has 9 aromatic carbocycles. The fraction of sp³-hybridized carbons (Fsp3) is 0.0357. The molecule has 0 amide bonds. The molecule has 58 heavy (non-hydrogen) atoms. The van der Waals surface area contributed by atoms with Gasteiger partial charge in [0.15, 0.2) is 0 Å². The molecule has 0 saturated heterocycles. The Morgan fingerprint density at radius 2 is 0.517 bits per heavy atom. The molecule has 0 spiro atoms. The van der Waals surface area contributed by atoms with Gasteiger partial charge in [0, 0.05) is 39.2 Å². The molecule has 0 fully saturated rings. The zero-order chi connectivity index (χ0) is 39.1. The van der Waals surface area contributed by atoms with E-state index in [-0.39, 0.29) is 0 Å². The number of hydrogen-bond donors (Lipinski definition) is 0. The summed E-state index contributed by atoms with van der Waals surface area (Å²) in [4.78, 5) is 11.1. The zero-order valence-corrected chi connectivity index (χ0v) is 34.4. The normalized spacial score (nSPS) is 14.7. The van der Waals surface area contributed by atoms with Crippen molar-refractivity contribution in [3.05, 3.63) is 231 Å². The second-order valence-electron chi connectivity index (χ2n) is 14.5. The Bertz CT molecular complexity index is 2620. The van der Waals surface area contributed by atoms with E-state index in [9.17, 15) is 0 Å². The van der Waals surface area contributed by atoms with Crippen LogP contribution in [0.2, 0.25) is 0 Å². The first-order valence-corrected chi connectivity index (χ1v) is 23.5. The predicted octanol–water partition coefficient (Wildman–Crippen LogP) is 16.7. The first-order valence-electron chi connectivity index (χ1n) is 20.2. The Labute approximate surface area is 346 Å². The molecule has 0 aromatic heterocycles. The van der Waals surface area contributed by atoms with Gasteiger partial charge in [-0.25, -0.2) is 0 Å². The molecular weight excluding hydrogens is 737 g/mol. The Balaban J connectivity index is 0.00000201. The second-order valence-corrected chi connectivity index (χ2v) is 20.6. The second kappa shape index (κ2) is 14.9. The molecule has 9 aromatic rings. The summed E-state index contributed by atoms with van der Waals surface area (Å²) >= 11 is 0. The molecular formula is C56H44S2. The molecule has 0 atom stereocenters. The fourth-order valence-corrected chi connectivity index (χ4v) is 17.6.